The van der Waals surface area contributed by atoms with Crippen molar-refractivity contribution in [3.8, 4) is 0 Å². The average molecular weight is 237 g/mol. The quantitative estimate of drug-likeness (QED) is 0.620. The Labute approximate surface area is 121 Å². The molecule has 2 rings (SSSR count). The molecule has 17 heavy (non-hydrogen) atoms. The summed E-state index contributed by atoms with van der Waals surface area (Å²) in [5.41, 5.74) is 13.2. The van der Waals surface area contributed by atoms with Crippen LogP contribution in [0.15, 0.2) is 60.7 Å². The van der Waals surface area contributed by atoms with Gasteiger partial charge in [0.05, 0.1) is 0 Å². The van der Waals surface area contributed by atoms with E-state index in [1.165, 1.54) is 0 Å². The first-order valence-corrected chi connectivity index (χ1v) is 4.90. The summed E-state index contributed by atoms with van der Waals surface area (Å²) in [4.78, 5) is 0. The minimum Gasteiger partial charge on any atom is -0.306 e. The molecule has 0 aliphatic carbocycles. The van der Waals surface area contributed by atoms with Crippen LogP contribution in [0.2, 0.25) is 0 Å². The summed E-state index contributed by atoms with van der Waals surface area (Å²) in [5.74, 6) is 0. The third-order valence-corrected chi connectivity index (χ3v) is 2.50. The summed E-state index contributed by atoms with van der Waals surface area (Å²) in [5, 5.41) is 0. The molecule has 0 saturated heterocycles. The van der Waals surface area contributed by atoms with Gasteiger partial charge in [-0.15, -0.1) is 0 Å². The molecule has 2 aromatic carbocycles. The van der Waals surface area contributed by atoms with Crippen molar-refractivity contribution >= 4 is 32.4 Å². The second kappa shape index (κ2) is 6.90. The van der Waals surface area contributed by atoms with Gasteiger partial charge in [0.1, 0.15) is 5.66 Å². The molecule has 0 aromatic heterocycles. The van der Waals surface area contributed by atoms with Crippen LogP contribution in [0.25, 0.3) is 0 Å². The zero-order chi connectivity index (χ0) is 10.7. The molecule has 4 N–H and O–H groups in total. The maximum absolute atomic E-state index is 6.14. The summed E-state index contributed by atoms with van der Waals surface area (Å²) >= 11 is 0. The fourth-order valence-electron chi connectivity index (χ4n) is 1.59. The monoisotopic (exact) mass is 237 g/mol. The molecule has 0 heterocycles. The van der Waals surface area contributed by atoms with Gasteiger partial charge < -0.3 is 11.5 Å². The van der Waals surface area contributed by atoms with E-state index in [2.05, 4.69) is 0 Å². The molecule has 83 valence electrons. The van der Waals surface area contributed by atoms with Gasteiger partial charge in [0.15, 0.2) is 0 Å². The molecule has 0 spiro atoms. The zero-order valence-corrected chi connectivity index (χ0v) is 10.7. The molecule has 0 fully saturated rings. The Morgan fingerprint density at radius 1 is 0.647 bits per heavy atom. The Morgan fingerprint density at radius 3 is 1.24 bits per heavy atom. The fraction of sp³-hybridized carbons (Fsp3) is 0.0769. The Kier molecular flexibility index (Phi) is 6.62. The van der Waals surface area contributed by atoms with Gasteiger partial charge in [-0.2, -0.15) is 0 Å². The minimum atomic E-state index is -0.914. The van der Waals surface area contributed by atoms with E-state index in [1.54, 1.807) is 0 Å². The minimum absolute atomic E-state index is 0. The SMILES string of the molecule is NC(N)(c1ccccc1)c1ccccc1.[Li].[S]. The van der Waals surface area contributed by atoms with Crippen LogP contribution < -0.4 is 11.5 Å². The van der Waals surface area contributed by atoms with E-state index in [0.29, 0.717) is 0 Å². The summed E-state index contributed by atoms with van der Waals surface area (Å²) in [6.45, 7) is 0. The van der Waals surface area contributed by atoms with Crippen molar-refractivity contribution in [1.82, 2.24) is 0 Å². The van der Waals surface area contributed by atoms with E-state index in [9.17, 15) is 0 Å². The van der Waals surface area contributed by atoms with Crippen molar-refractivity contribution in [2.45, 2.75) is 5.66 Å². The molecule has 0 aliphatic rings. The Balaban J connectivity index is 0.00000128. The van der Waals surface area contributed by atoms with Crippen molar-refractivity contribution in [1.29, 1.82) is 0 Å². The van der Waals surface area contributed by atoms with E-state index in [0.717, 1.165) is 11.1 Å². The van der Waals surface area contributed by atoms with E-state index in [-0.39, 0.29) is 32.4 Å². The van der Waals surface area contributed by atoms with Crippen LogP contribution in [0, 0.1) is 0 Å². The van der Waals surface area contributed by atoms with Crippen LogP contribution in [0.1, 0.15) is 11.1 Å². The maximum atomic E-state index is 6.14. The molecule has 0 amide bonds. The summed E-state index contributed by atoms with van der Waals surface area (Å²) in [6, 6.07) is 19.4. The van der Waals surface area contributed by atoms with Crippen LogP contribution >= 0.6 is 13.5 Å². The molecule has 4 heteroatoms. The predicted octanol–water partition coefficient (Wildman–Crippen LogP) is 2.07. The standard InChI is InChI=1S/C13H14N2.Li.S/c14-13(15,11-7-3-1-4-8-11)12-9-5-2-6-10-12;;/h1-10H,14-15H2;;. The van der Waals surface area contributed by atoms with Crippen molar-refractivity contribution in [3.05, 3.63) is 71.8 Å². The largest absolute Gasteiger partial charge is 0.306 e. The van der Waals surface area contributed by atoms with Gasteiger partial charge in [-0.05, 0) is 11.1 Å². The molecule has 2 aromatic rings. The Morgan fingerprint density at radius 2 is 0.941 bits per heavy atom. The van der Waals surface area contributed by atoms with Crippen LogP contribution in [0.3, 0.4) is 0 Å². The topological polar surface area (TPSA) is 52.0 Å². The summed E-state index contributed by atoms with van der Waals surface area (Å²) in [7, 11) is 0. The first kappa shape index (κ1) is 16.3. The number of nitrogens with two attached hydrogens (primary N) is 2. The second-order valence-electron chi connectivity index (χ2n) is 3.60. The van der Waals surface area contributed by atoms with Crippen LogP contribution in [-0.2, 0) is 5.66 Å². The molecule has 0 aliphatic heterocycles. The number of hydrogen-bond acceptors (Lipinski definition) is 2. The average Bonchev–Trinajstić information content (AvgIpc) is 2.31. The molecular formula is C13H14LiN2S. The molecule has 0 saturated carbocycles. The van der Waals surface area contributed by atoms with E-state index in [1.807, 2.05) is 60.7 Å². The fourth-order valence-corrected chi connectivity index (χ4v) is 1.59. The number of benzene rings is 2. The molecule has 3 radical (unpaired) electrons. The van der Waals surface area contributed by atoms with Crippen LogP contribution in [0.4, 0.5) is 0 Å². The first-order chi connectivity index (χ1) is 7.21. The second-order valence-corrected chi connectivity index (χ2v) is 3.60. The van der Waals surface area contributed by atoms with Gasteiger partial charge in [0.2, 0.25) is 0 Å². The Hall–Kier alpha value is -0.693. The first-order valence-electron chi connectivity index (χ1n) is 4.90. The molecule has 0 unspecified atom stereocenters. The third-order valence-electron chi connectivity index (χ3n) is 2.50. The zero-order valence-electron chi connectivity index (χ0n) is 9.84. The van der Waals surface area contributed by atoms with Crippen LogP contribution in [-0.4, -0.2) is 18.9 Å². The van der Waals surface area contributed by atoms with E-state index in [4.69, 9.17) is 11.5 Å². The number of rotatable bonds is 2. The van der Waals surface area contributed by atoms with Crippen molar-refractivity contribution in [3.63, 3.8) is 0 Å². The van der Waals surface area contributed by atoms with Crippen molar-refractivity contribution in [2.75, 3.05) is 0 Å². The van der Waals surface area contributed by atoms with E-state index < -0.39 is 5.66 Å². The van der Waals surface area contributed by atoms with Gasteiger partial charge in [0, 0.05) is 32.4 Å². The van der Waals surface area contributed by atoms with Gasteiger partial charge >= 0.3 is 0 Å². The Bertz CT molecular complexity index is 390. The molecule has 0 bridgehead atoms. The van der Waals surface area contributed by atoms with E-state index >= 15 is 0 Å². The van der Waals surface area contributed by atoms with Gasteiger partial charge in [-0.25, -0.2) is 0 Å². The molecular weight excluding hydrogens is 223 g/mol. The molecule has 0 atom stereocenters. The summed E-state index contributed by atoms with van der Waals surface area (Å²) < 4.78 is 0. The van der Waals surface area contributed by atoms with Crippen molar-refractivity contribution < 1.29 is 0 Å². The maximum Gasteiger partial charge on any atom is 0.116 e. The normalized spacial score (nSPS) is 10.0. The number of hydrogen-bond donors (Lipinski definition) is 2. The third kappa shape index (κ3) is 3.64. The van der Waals surface area contributed by atoms with Gasteiger partial charge in [-0.1, -0.05) is 60.7 Å². The predicted molar refractivity (Wildman–Crippen MR) is 75.4 cm³/mol. The molecule has 2 nitrogen and oxygen atoms in total. The van der Waals surface area contributed by atoms with Gasteiger partial charge in [0.25, 0.3) is 0 Å². The smallest absolute Gasteiger partial charge is 0.116 e. The van der Waals surface area contributed by atoms with Gasteiger partial charge in [-0.3, -0.25) is 0 Å². The van der Waals surface area contributed by atoms with Crippen LogP contribution in [0.5, 0.6) is 0 Å². The van der Waals surface area contributed by atoms with Crippen molar-refractivity contribution in [2.24, 2.45) is 11.5 Å². The summed E-state index contributed by atoms with van der Waals surface area (Å²) in [6.07, 6.45) is 0.